The van der Waals surface area contributed by atoms with Crippen LogP contribution in [-0.4, -0.2) is 12.2 Å². The summed E-state index contributed by atoms with van der Waals surface area (Å²) in [5, 5.41) is 0. The van der Waals surface area contributed by atoms with Gasteiger partial charge in [0.05, 0.1) is 12.2 Å². The van der Waals surface area contributed by atoms with Crippen molar-refractivity contribution < 1.29 is 13.6 Å². The molecule has 1 rings (SSSR count). The van der Waals surface area contributed by atoms with Crippen molar-refractivity contribution in [1.82, 2.24) is 0 Å². The lowest BCUT2D eigenvalue weighted by Gasteiger charge is -2.21. The summed E-state index contributed by atoms with van der Waals surface area (Å²) in [6, 6.07) is 9.90. The molecule has 0 aliphatic heterocycles. The smallest absolute Gasteiger partial charge is 0.298 e. The second-order valence-electron chi connectivity index (χ2n) is 4.51. The molecule has 0 aliphatic carbocycles. The summed E-state index contributed by atoms with van der Waals surface area (Å²) in [5.41, 5.74) is 1.11. The fraction of sp³-hybridized carbons (Fsp3) is 0.538. The Labute approximate surface area is 114 Å². The topological polar surface area (TPSA) is 35.5 Å². The van der Waals surface area contributed by atoms with Gasteiger partial charge in [-0.1, -0.05) is 30.3 Å². The molecule has 0 saturated carbocycles. The maximum Gasteiger partial charge on any atom is 0.389 e. The highest BCUT2D eigenvalue weighted by Gasteiger charge is 2.28. The summed E-state index contributed by atoms with van der Waals surface area (Å²) in [5.74, 6) is 0.623. The van der Waals surface area contributed by atoms with Gasteiger partial charge in [-0.15, -0.1) is 0 Å². The first-order valence-corrected chi connectivity index (χ1v) is 9.20. The predicted molar refractivity (Wildman–Crippen MR) is 77.8 cm³/mol. The van der Waals surface area contributed by atoms with Crippen molar-refractivity contribution in [3.8, 4) is 0 Å². The molecule has 0 unspecified atom stereocenters. The number of hydrogen-bond donors (Lipinski definition) is 0. The number of rotatable bonds is 7. The second kappa shape index (κ2) is 7.34. The van der Waals surface area contributed by atoms with Gasteiger partial charge in [0.15, 0.2) is 0 Å². The molecule has 18 heavy (non-hydrogen) atoms. The lowest BCUT2D eigenvalue weighted by molar-refractivity contribution is 0.156. The molecule has 0 fully saturated rings. The fourth-order valence-corrected chi connectivity index (χ4v) is 5.35. The highest BCUT2D eigenvalue weighted by molar-refractivity contribution is 8.54. The van der Waals surface area contributed by atoms with E-state index in [4.69, 9.17) is 9.05 Å². The van der Waals surface area contributed by atoms with Gasteiger partial charge in [-0.25, -0.2) is 4.57 Å². The van der Waals surface area contributed by atoms with Crippen LogP contribution in [0.5, 0.6) is 0 Å². The van der Waals surface area contributed by atoms with Crippen LogP contribution in [0.4, 0.5) is 0 Å². The SMILES string of the molecule is CC(C)OP(=O)(OC(C)C)SCc1ccccc1. The molecular weight excluding hydrogens is 267 g/mol. The average Bonchev–Trinajstić information content (AvgIpc) is 2.26. The Morgan fingerprint density at radius 3 is 2.00 bits per heavy atom. The summed E-state index contributed by atoms with van der Waals surface area (Å²) in [7, 11) is 0. The zero-order valence-corrected chi connectivity index (χ0v) is 13.0. The third-order valence-electron chi connectivity index (χ3n) is 1.91. The first-order chi connectivity index (χ1) is 8.41. The van der Waals surface area contributed by atoms with E-state index in [1.165, 1.54) is 11.4 Å². The van der Waals surface area contributed by atoms with E-state index in [1.807, 2.05) is 58.0 Å². The lowest BCUT2D eigenvalue weighted by Crippen LogP contribution is -2.06. The monoisotopic (exact) mass is 288 g/mol. The molecule has 0 amide bonds. The summed E-state index contributed by atoms with van der Waals surface area (Å²) in [4.78, 5) is 0. The van der Waals surface area contributed by atoms with Gasteiger partial charge in [-0.2, -0.15) is 0 Å². The third-order valence-corrected chi connectivity index (χ3v) is 5.90. The average molecular weight is 288 g/mol. The van der Waals surface area contributed by atoms with Gasteiger partial charge in [0.25, 0.3) is 0 Å². The van der Waals surface area contributed by atoms with Crippen molar-refractivity contribution >= 4 is 18.2 Å². The Kier molecular flexibility index (Phi) is 6.44. The van der Waals surface area contributed by atoms with Crippen molar-refractivity contribution in [3.63, 3.8) is 0 Å². The van der Waals surface area contributed by atoms with E-state index in [-0.39, 0.29) is 12.2 Å². The largest absolute Gasteiger partial charge is 0.389 e. The Morgan fingerprint density at radius 1 is 1.06 bits per heavy atom. The zero-order chi connectivity index (χ0) is 13.6. The van der Waals surface area contributed by atoms with Gasteiger partial charge in [-0.3, -0.25) is 9.05 Å². The molecule has 1 aromatic carbocycles. The Hall–Kier alpha value is -0.280. The van der Waals surface area contributed by atoms with E-state index in [9.17, 15) is 4.57 Å². The van der Waals surface area contributed by atoms with Gasteiger partial charge in [-0.05, 0) is 44.6 Å². The summed E-state index contributed by atoms with van der Waals surface area (Å²) in [6.45, 7) is 4.36. The van der Waals surface area contributed by atoms with Crippen LogP contribution in [0.2, 0.25) is 0 Å². The van der Waals surface area contributed by atoms with Crippen LogP contribution in [0, 0.1) is 0 Å². The quantitative estimate of drug-likeness (QED) is 0.670. The number of benzene rings is 1. The van der Waals surface area contributed by atoms with Crippen LogP contribution >= 0.6 is 18.2 Å². The van der Waals surface area contributed by atoms with Crippen molar-refractivity contribution in [3.05, 3.63) is 35.9 Å². The summed E-state index contributed by atoms with van der Waals surface area (Å²) in [6.07, 6.45) is -0.226. The minimum atomic E-state index is -3.08. The minimum Gasteiger partial charge on any atom is -0.298 e. The maximum atomic E-state index is 12.5. The Balaban J connectivity index is 2.64. The van der Waals surface area contributed by atoms with E-state index < -0.39 is 6.80 Å². The van der Waals surface area contributed by atoms with Crippen LogP contribution in [0.15, 0.2) is 30.3 Å². The van der Waals surface area contributed by atoms with E-state index in [0.29, 0.717) is 5.75 Å². The molecule has 0 saturated heterocycles. The van der Waals surface area contributed by atoms with Gasteiger partial charge in [0.2, 0.25) is 0 Å². The molecule has 1 aromatic rings. The van der Waals surface area contributed by atoms with E-state index in [2.05, 4.69) is 0 Å². The predicted octanol–water partition coefficient (Wildman–Crippen LogP) is 4.88. The van der Waals surface area contributed by atoms with Gasteiger partial charge in [0, 0.05) is 5.75 Å². The minimum absolute atomic E-state index is 0.113. The maximum absolute atomic E-state index is 12.5. The molecule has 0 spiro atoms. The van der Waals surface area contributed by atoms with Gasteiger partial charge >= 0.3 is 6.80 Å². The molecule has 5 heteroatoms. The molecule has 102 valence electrons. The fourth-order valence-electron chi connectivity index (χ4n) is 1.33. The lowest BCUT2D eigenvalue weighted by atomic mass is 10.2. The van der Waals surface area contributed by atoms with Gasteiger partial charge in [0.1, 0.15) is 0 Å². The molecule has 0 aromatic heterocycles. The van der Waals surface area contributed by atoms with Crippen molar-refractivity contribution in [1.29, 1.82) is 0 Å². The third kappa shape index (κ3) is 6.05. The van der Waals surface area contributed by atoms with E-state index >= 15 is 0 Å². The summed E-state index contributed by atoms with van der Waals surface area (Å²) >= 11 is 1.24. The van der Waals surface area contributed by atoms with E-state index in [0.717, 1.165) is 5.56 Å². The zero-order valence-electron chi connectivity index (χ0n) is 11.3. The van der Waals surface area contributed by atoms with Crippen LogP contribution < -0.4 is 0 Å². The first kappa shape index (κ1) is 15.8. The Morgan fingerprint density at radius 2 is 1.56 bits per heavy atom. The van der Waals surface area contributed by atoms with Gasteiger partial charge < -0.3 is 0 Å². The molecule has 0 aliphatic rings. The molecule has 3 nitrogen and oxygen atoms in total. The number of hydrogen-bond acceptors (Lipinski definition) is 4. The van der Waals surface area contributed by atoms with Crippen molar-refractivity contribution in [2.75, 3.05) is 0 Å². The highest BCUT2D eigenvalue weighted by atomic mass is 32.7. The van der Waals surface area contributed by atoms with Crippen LogP contribution in [0.3, 0.4) is 0 Å². The first-order valence-electron chi connectivity index (χ1n) is 6.06. The standard InChI is InChI=1S/C13H21O3PS/c1-11(2)15-17(14,16-12(3)4)18-10-13-8-6-5-7-9-13/h5-9,11-12H,10H2,1-4H3. The normalized spacial score (nSPS) is 12.3. The molecule has 0 heterocycles. The molecule has 0 bridgehead atoms. The second-order valence-corrected chi connectivity index (χ2v) is 8.49. The van der Waals surface area contributed by atoms with Crippen molar-refractivity contribution in [2.45, 2.75) is 45.7 Å². The Bertz CT molecular complexity index is 378. The van der Waals surface area contributed by atoms with Crippen LogP contribution in [-0.2, 0) is 19.4 Å². The van der Waals surface area contributed by atoms with Crippen LogP contribution in [0.25, 0.3) is 0 Å². The van der Waals surface area contributed by atoms with Crippen LogP contribution in [0.1, 0.15) is 33.3 Å². The molecule has 0 radical (unpaired) electrons. The molecule has 0 N–H and O–H groups in total. The van der Waals surface area contributed by atoms with Crippen molar-refractivity contribution in [2.24, 2.45) is 0 Å². The highest BCUT2D eigenvalue weighted by Crippen LogP contribution is 2.63. The van der Waals surface area contributed by atoms with E-state index in [1.54, 1.807) is 0 Å². The molecular formula is C13H21O3PS. The summed E-state index contributed by atoms with van der Waals surface area (Å²) < 4.78 is 23.5. The molecule has 0 atom stereocenters.